The van der Waals surface area contributed by atoms with Crippen molar-refractivity contribution in [2.24, 2.45) is 0 Å². The summed E-state index contributed by atoms with van der Waals surface area (Å²) in [6.45, 7) is 0.675. The molecule has 0 spiro atoms. The summed E-state index contributed by atoms with van der Waals surface area (Å²) in [7, 11) is 0. The van der Waals surface area contributed by atoms with Crippen LogP contribution >= 0.6 is 0 Å². The van der Waals surface area contributed by atoms with Gasteiger partial charge in [0.25, 0.3) is 0 Å². The average molecular weight is 371 g/mol. The number of amides is 1. The van der Waals surface area contributed by atoms with Crippen LogP contribution in [0.3, 0.4) is 0 Å². The van der Waals surface area contributed by atoms with Gasteiger partial charge in [0.05, 0.1) is 19.2 Å². The zero-order valence-electron chi connectivity index (χ0n) is 15.5. The molecule has 0 saturated carbocycles. The lowest BCUT2D eigenvalue weighted by atomic mass is 10.0. The summed E-state index contributed by atoms with van der Waals surface area (Å²) >= 11 is 0. The van der Waals surface area contributed by atoms with Gasteiger partial charge in [-0.1, -0.05) is 30.3 Å². The van der Waals surface area contributed by atoms with Crippen LogP contribution in [0.2, 0.25) is 0 Å². The molecule has 140 valence electrons. The van der Waals surface area contributed by atoms with Gasteiger partial charge in [0.2, 0.25) is 5.91 Å². The topological polar surface area (TPSA) is 60.1 Å². The van der Waals surface area contributed by atoms with E-state index < -0.39 is 0 Å². The van der Waals surface area contributed by atoms with Crippen molar-refractivity contribution in [3.63, 3.8) is 0 Å². The highest BCUT2D eigenvalue weighted by atomic mass is 16.3. The van der Waals surface area contributed by atoms with Crippen LogP contribution in [-0.4, -0.2) is 15.7 Å². The van der Waals surface area contributed by atoms with Gasteiger partial charge < -0.3 is 9.73 Å². The molecule has 1 aliphatic rings. The van der Waals surface area contributed by atoms with E-state index in [0.717, 1.165) is 29.4 Å². The summed E-state index contributed by atoms with van der Waals surface area (Å²) in [5.41, 5.74) is 5.72. The fraction of sp³-hybridized carbons (Fsp3) is 0.217. The minimum Gasteiger partial charge on any atom is -0.464 e. The average Bonchev–Trinajstić information content (AvgIpc) is 3.42. The normalized spacial score (nSPS) is 13.0. The number of anilines is 1. The molecule has 5 heteroatoms. The standard InChI is InChI=1S/C23H21N3O2/c27-23(24-22-9-10-26(25-22)14-16-5-2-1-3-6-16)13-19-15-28-21-12-18-8-4-7-17(18)11-20(19)21/h1-3,5-6,9-12,15H,4,7-8,13-14H2,(H,24,25,27). The highest BCUT2D eigenvalue weighted by molar-refractivity contribution is 5.95. The Kier molecular flexibility index (Phi) is 4.20. The van der Waals surface area contributed by atoms with Gasteiger partial charge in [-0.05, 0) is 48.1 Å². The van der Waals surface area contributed by atoms with Gasteiger partial charge >= 0.3 is 0 Å². The van der Waals surface area contributed by atoms with Crippen molar-refractivity contribution < 1.29 is 9.21 Å². The first-order valence-corrected chi connectivity index (χ1v) is 9.64. The van der Waals surface area contributed by atoms with E-state index in [4.69, 9.17) is 4.42 Å². The van der Waals surface area contributed by atoms with Gasteiger partial charge in [-0.25, -0.2) is 0 Å². The van der Waals surface area contributed by atoms with Crippen molar-refractivity contribution in [3.8, 4) is 0 Å². The van der Waals surface area contributed by atoms with Gasteiger partial charge in [-0.15, -0.1) is 0 Å². The molecule has 28 heavy (non-hydrogen) atoms. The molecule has 0 saturated heterocycles. The number of hydrogen-bond donors (Lipinski definition) is 1. The first-order valence-electron chi connectivity index (χ1n) is 9.64. The van der Waals surface area contributed by atoms with Crippen molar-refractivity contribution in [1.82, 2.24) is 9.78 Å². The maximum absolute atomic E-state index is 12.5. The Morgan fingerprint density at radius 1 is 1.11 bits per heavy atom. The van der Waals surface area contributed by atoms with Crippen LogP contribution < -0.4 is 5.32 Å². The molecule has 1 aliphatic carbocycles. The molecule has 2 aromatic heterocycles. The number of carbonyl (C=O) groups excluding carboxylic acids is 1. The van der Waals surface area contributed by atoms with E-state index in [0.29, 0.717) is 12.4 Å². The SMILES string of the molecule is O=C(Cc1coc2cc3c(cc12)CCC3)Nc1ccn(Cc2ccccc2)n1. The molecule has 1 N–H and O–H groups in total. The molecule has 0 unspecified atom stereocenters. The predicted molar refractivity (Wildman–Crippen MR) is 108 cm³/mol. The molecule has 0 fully saturated rings. The predicted octanol–water partition coefficient (Wildman–Crippen LogP) is 4.35. The zero-order chi connectivity index (χ0) is 18.9. The van der Waals surface area contributed by atoms with Crippen molar-refractivity contribution in [2.75, 3.05) is 5.32 Å². The highest BCUT2D eigenvalue weighted by Gasteiger charge is 2.17. The number of nitrogens with zero attached hydrogens (tertiary/aromatic N) is 2. The molecule has 5 nitrogen and oxygen atoms in total. The highest BCUT2D eigenvalue weighted by Crippen LogP contribution is 2.30. The van der Waals surface area contributed by atoms with Crippen molar-refractivity contribution in [3.05, 3.63) is 83.2 Å². The van der Waals surface area contributed by atoms with Gasteiger partial charge in [-0.3, -0.25) is 9.48 Å². The molecule has 0 radical (unpaired) electrons. The fourth-order valence-corrected chi connectivity index (χ4v) is 3.93. The second-order valence-corrected chi connectivity index (χ2v) is 7.34. The van der Waals surface area contributed by atoms with Crippen LogP contribution in [0.1, 0.15) is 28.7 Å². The summed E-state index contributed by atoms with van der Waals surface area (Å²) in [6.07, 6.45) is 7.28. The fourth-order valence-electron chi connectivity index (χ4n) is 3.93. The molecular formula is C23H21N3O2. The third-order valence-corrected chi connectivity index (χ3v) is 5.31. The first-order chi connectivity index (χ1) is 13.7. The van der Waals surface area contributed by atoms with E-state index in [9.17, 15) is 4.79 Å². The third kappa shape index (κ3) is 3.31. The number of hydrogen-bond acceptors (Lipinski definition) is 3. The van der Waals surface area contributed by atoms with Crippen LogP contribution in [-0.2, 0) is 30.6 Å². The number of nitrogens with one attached hydrogen (secondary N) is 1. The van der Waals surface area contributed by atoms with E-state index in [1.165, 1.54) is 23.1 Å². The molecule has 4 aromatic rings. The molecular weight excluding hydrogens is 350 g/mol. The molecule has 0 aliphatic heterocycles. The number of rotatable bonds is 5. The molecule has 5 rings (SSSR count). The van der Waals surface area contributed by atoms with Gasteiger partial charge in [0.15, 0.2) is 5.82 Å². The summed E-state index contributed by atoms with van der Waals surface area (Å²) < 4.78 is 7.52. The first kappa shape index (κ1) is 16.8. The van der Waals surface area contributed by atoms with Gasteiger partial charge in [0, 0.05) is 23.2 Å². The third-order valence-electron chi connectivity index (χ3n) is 5.31. The summed E-state index contributed by atoms with van der Waals surface area (Å²) in [4.78, 5) is 12.5. The Balaban J connectivity index is 1.27. The maximum Gasteiger partial charge on any atom is 0.230 e. The second kappa shape index (κ2) is 7.00. The van der Waals surface area contributed by atoms with Crippen molar-refractivity contribution >= 4 is 22.7 Å². The summed E-state index contributed by atoms with van der Waals surface area (Å²) in [5.74, 6) is 0.475. The maximum atomic E-state index is 12.5. The molecule has 0 bridgehead atoms. The largest absolute Gasteiger partial charge is 0.464 e. The lowest BCUT2D eigenvalue weighted by molar-refractivity contribution is -0.115. The van der Waals surface area contributed by atoms with Crippen LogP contribution in [0.15, 0.2) is 65.4 Å². The summed E-state index contributed by atoms with van der Waals surface area (Å²) in [6, 6.07) is 16.3. The van der Waals surface area contributed by atoms with Crippen molar-refractivity contribution in [1.29, 1.82) is 0 Å². The molecule has 1 amide bonds. The Hall–Kier alpha value is -3.34. The minimum atomic E-state index is -0.0897. The Morgan fingerprint density at radius 3 is 2.79 bits per heavy atom. The number of aromatic nitrogens is 2. The monoisotopic (exact) mass is 371 g/mol. The number of fused-ring (bicyclic) bond motifs is 2. The summed E-state index contributed by atoms with van der Waals surface area (Å²) in [5, 5.41) is 8.38. The number of aryl methyl sites for hydroxylation is 2. The zero-order valence-corrected chi connectivity index (χ0v) is 15.5. The van der Waals surface area contributed by atoms with E-state index in [1.807, 2.05) is 35.1 Å². The van der Waals surface area contributed by atoms with E-state index in [1.54, 1.807) is 6.26 Å². The number of carbonyl (C=O) groups is 1. The lowest BCUT2D eigenvalue weighted by Gasteiger charge is -2.03. The van der Waals surface area contributed by atoms with Gasteiger partial charge in [0.1, 0.15) is 5.58 Å². The van der Waals surface area contributed by atoms with Gasteiger partial charge in [-0.2, -0.15) is 5.10 Å². The Bertz CT molecular complexity index is 1140. The number of benzene rings is 2. The Morgan fingerprint density at radius 2 is 1.93 bits per heavy atom. The van der Waals surface area contributed by atoms with Crippen LogP contribution in [0.4, 0.5) is 5.82 Å². The lowest BCUT2D eigenvalue weighted by Crippen LogP contribution is -2.15. The Labute approximate surface area is 163 Å². The van der Waals surface area contributed by atoms with Crippen molar-refractivity contribution in [2.45, 2.75) is 32.2 Å². The van der Waals surface area contributed by atoms with Crippen LogP contribution in [0.25, 0.3) is 11.0 Å². The van der Waals surface area contributed by atoms with E-state index in [-0.39, 0.29) is 12.3 Å². The smallest absolute Gasteiger partial charge is 0.230 e. The van der Waals surface area contributed by atoms with Crippen LogP contribution in [0.5, 0.6) is 0 Å². The van der Waals surface area contributed by atoms with Crippen LogP contribution in [0, 0.1) is 0 Å². The van der Waals surface area contributed by atoms with E-state index in [2.05, 4.69) is 34.7 Å². The number of furan rings is 1. The molecule has 2 aromatic carbocycles. The minimum absolute atomic E-state index is 0.0897. The molecule has 0 atom stereocenters. The molecule has 2 heterocycles. The quantitative estimate of drug-likeness (QED) is 0.567. The van der Waals surface area contributed by atoms with E-state index >= 15 is 0 Å². The second-order valence-electron chi connectivity index (χ2n) is 7.34.